The second-order valence-corrected chi connectivity index (χ2v) is 10.8. The number of nitrogens with zero attached hydrogens (tertiary/aromatic N) is 2. The van der Waals surface area contributed by atoms with Crippen molar-refractivity contribution in [2.45, 2.75) is 96.5 Å². The van der Waals surface area contributed by atoms with Gasteiger partial charge in [-0.15, -0.1) is 0 Å². The summed E-state index contributed by atoms with van der Waals surface area (Å²) in [7, 11) is -4.29. The van der Waals surface area contributed by atoms with Crippen LogP contribution in [0.4, 0.5) is 0 Å². The summed E-state index contributed by atoms with van der Waals surface area (Å²) in [4.78, 5) is 14.7. The average molecular weight is 504 g/mol. The second-order valence-electron chi connectivity index (χ2n) is 9.29. The Morgan fingerprint density at radius 1 is 1.03 bits per heavy atom. The van der Waals surface area contributed by atoms with Crippen molar-refractivity contribution in [3.05, 3.63) is 12.2 Å². The van der Waals surface area contributed by atoms with Crippen LogP contribution >= 0.6 is 0 Å². The molecule has 1 aliphatic heterocycles. The number of rotatable bonds is 21. The molecule has 0 radical (unpaired) electrons. The number of amidine groups is 1. The molecular formula is C25H47N2O6S+. The lowest BCUT2D eigenvalue weighted by Gasteiger charge is -2.13. The van der Waals surface area contributed by atoms with Gasteiger partial charge in [0.25, 0.3) is 10.1 Å². The number of aliphatic hydroxyl groups is 2. The van der Waals surface area contributed by atoms with Gasteiger partial charge in [-0.05, 0) is 25.7 Å². The van der Waals surface area contributed by atoms with Crippen LogP contribution < -0.4 is 0 Å². The first-order chi connectivity index (χ1) is 16.3. The molecule has 1 unspecified atom stereocenters. The molecule has 0 fully saturated rings. The number of aliphatic hydroxyl groups excluding tert-OH is 2. The molecule has 1 heterocycles. The quantitative estimate of drug-likeness (QED) is 0.0953. The molecule has 0 aromatic heterocycles. The van der Waals surface area contributed by atoms with E-state index in [9.17, 15) is 23.4 Å². The number of carbonyl (C=O) groups excluding carboxylic acids is 1. The van der Waals surface area contributed by atoms with Gasteiger partial charge in [-0.1, -0.05) is 70.4 Å². The summed E-state index contributed by atoms with van der Waals surface area (Å²) in [5, 5.41) is 19.3. The minimum atomic E-state index is -4.29. The molecule has 34 heavy (non-hydrogen) atoms. The highest BCUT2D eigenvalue weighted by molar-refractivity contribution is 7.85. The highest BCUT2D eigenvalue weighted by Crippen LogP contribution is 2.13. The Kier molecular flexibility index (Phi) is 16.3. The van der Waals surface area contributed by atoms with Crippen molar-refractivity contribution in [2.24, 2.45) is 0 Å². The third-order valence-electron chi connectivity index (χ3n) is 6.11. The maximum Gasteiger partial charge on any atom is 0.316 e. The van der Waals surface area contributed by atoms with Crippen molar-refractivity contribution >= 4 is 21.7 Å². The van der Waals surface area contributed by atoms with E-state index in [0.29, 0.717) is 31.9 Å². The van der Waals surface area contributed by atoms with Crippen LogP contribution in [0.2, 0.25) is 0 Å². The first-order valence-corrected chi connectivity index (χ1v) is 14.7. The smallest absolute Gasteiger partial charge is 0.316 e. The molecule has 0 saturated carbocycles. The molecule has 198 valence electrons. The highest BCUT2D eigenvalue weighted by atomic mass is 32.2. The zero-order chi connectivity index (χ0) is 25.2. The molecule has 3 N–H and O–H groups in total. The number of carbonyl (C=O) groups is 1. The maximum atomic E-state index is 12.9. The van der Waals surface area contributed by atoms with Crippen molar-refractivity contribution in [1.29, 1.82) is 0 Å². The Labute approximate surface area is 206 Å². The number of hydrogen-bond donors (Lipinski definition) is 3. The highest BCUT2D eigenvalue weighted by Gasteiger charge is 2.36. The third-order valence-corrected chi connectivity index (χ3v) is 6.91. The van der Waals surface area contributed by atoms with E-state index in [-0.39, 0.29) is 18.9 Å². The number of Topliss-reactive ketones (excluding diaryl/α,β-unsaturated/α-hetero) is 1. The van der Waals surface area contributed by atoms with Gasteiger partial charge in [0.15, 0.2) is 0 Å². The normalized spacial score (nSPS) is 15.6. The van der Waals surface area contributed by atoms with E-state index in [0.717, 1.165) is 19.3 Å². The summed E-state index contributed by atoms with van der Waals surface area (Å²) >= 11 is 0. The van der Waals surface area contributed by atoms with Gasteiger partial charge in [-0.2, -0.15) is 8.42 Å². The Balaban J connectivity index is 2.29. The van der Waals surface area contributed by atoms with Gasteiger partial charge >= 0.3 is 5.84 Å². The number of hydrogen-bond acceptors (Lipinski definition) is 6. The lowest BCUT2D eigenvalue weighted by molar-refractivity contribution is -0.525. The summed E-state index contributed by atoms with van der Waals surface area (Å²) < 4.78 is 32.6. The lowest BCUT2D eigenvalue weighted by atomic mass is 10.0. The molecule has 0 spiro atoms. The second kappa shape index (κ2) is 18.0. The molecule has 0 aliphatic carbocycles. The Hall–Kier alpha value is -1.29. The van der Waals surface area contributed by atoms with E-state index in [4.69, 9.17) is 4.55 Å². The van der Waals surface area contributed by atoms with Crippen molar-refractivity contribution < 1.29 is 32.6 Å². The SMILES string of the molecule is CCCC/C=C/CCCCCCCCCCC(=O)C1=[N+](CC(O)CS(=O)(=O)O)CCN1CCO. The van der Waals surface area contributed by atoms with E-state index in [1.54, 1.807) is 9.48 Å². The molecule has 1 rings (SSSR count). The van der Waals surface area contributed by atoms with Crippen molar-refractivity contribution in [3.8, 4) is 0 Å². The van der Waals surface area contributed by atoms with Crippen molar-refractivity contribution in [1.82, 2.24) is 4.90 Å². The molecular weight excluding hydrogens is 456 g/mol. The van der Waals surface area contributed by atoms with Crippen LogP contribution in [0, 0.1) is 0 Å². The summed E-state index contributed by atoms with van der Waals surface area (Å²) in [6.45, 7) is 3.41. The molecule has 0 amide bonds. The summed E-state index contributed by atoms with van der Waals surface area (Å²) in [5.74, 6) is -0.371. The van der Waals surface area contributed by atoms with Gasteiger partial charge in [0.2, 0.25) is 5.78 Å². The number of allylic oxidation sites excluding steroid dienone is 2. The van der Waals surface area contributed by atoms with Crippen LogP contribution in [-0.2, 0) is 14.9 Å². The van der Waals surface area contributed by atoms with Crippen molar-refractivity contribution in [2.75, 3.05) is 38.5 Å². The lowest BCUT2D eigenvalue weighted by Crippen LogP contribution is -2.40. The predicted molar refractivity (Wildman–Crippen MR) is 136 cm³/mol. The fourth-order valence-corrected chi connectivity index (χ4v) is 4.94. The first-order valence-electron chi connectivity index (χ1n) is 13.1. The van der Waals surface area contributed by atoms with Crippen molar-refractivity contribution in [3.63, 3.8) is 0 Å². The topological polar surface area (TPSA) is 118 Å². The summed E-state index contributed by atoms with van der Waals surface area (Å²) in [6.07, 6.45) is 17.7. The van der Waals surface area contributed by atoms with Crippen LogP contribution in [-0.4, -0.2) is 88.9 Å². The molecule has 1 atom stereocenters. The molecule has 9 heteroatoms. The zero-order valence-electron chi connectivity index (χ0n) is 21.0. The minimum Gasteiger partial charge on any atom is -0.392 e. The number of β-amino-alcohol motifs (C(OH)–C–C–N with tert-alkyl or cyclic N) is 2. The monoisotopic (exact) mass is 503 g/mol. The van der Waals surface area contributed by atoms with E-state index in [1.807, 2.05) is 0 Å². The summed E-state index contributed by atoms with van der Waals surface area (Å²) in [5.41, 5.74) is 0. The van der Waals surface area contributed by atoms with Crippen LogP contribution in [0.1, 0.15) is 90.4 Å². The molecule has 1 aliphatic rings. The fourth-order valence-electron chi connectivity index (χ4n) is 4.35. The van der Waals surface area contributed by atoms with Crippen LogP contribution in [0.25, 0.3) is 0 Å². The summed E-state index contributed by atoms with van der Waals surface area (Å²) in [6, 6.07) is 0. The van der Waals surface area contributed by atoms with Gasteiger partial charge in [-0.25, -0.2) is 0 Å². The van der Waals surface area contributed by atoms with Gasteiger partial charge in [-0.3, -0.25) is 18.8 Å². The van der Waals surface area contributed by atoms with E-state index in [2.05, 4.69) is 19.1 Å². The van der Waals surface area contributed by atoms with Gasteiger partial charge < -0.3 is 10.2 Å². The van der Waals surface area contributed by atoms with Gasteiger partial charge in [0.05, 0.1) is 6.61 Å². The molecule has 0 aromatic carbocycles. The van der Waals surface area contributed by atoms with Crippen LogP contribution in [0.15, 0.2) is 12.2 Å². The van der Waals surface area contributed by atoms with Gasteiger partial charge in [0, 0.05) is 6.42 Å². The Morgan fingerprint density at radius 2 is 1.62 bits per heavy atom. The maximum absolute atomic E-state index is 12.9. The van der Waals surface area contributed by atoms with Gasteiger partial charge in [0.1, 0.15) is 38.0 Å². The molecule has 8 nitrogen and oxygen atoms in total. The minimum absolute atomic E-state index is 0.0443. The number of unbranched alkanes of at least 4 members (excludes halogenated alkanes) is 10. The Bertz CT molecular complexity index is 736. The van der Waals surface area contributed by atoms with Crippen LogP contribution in [0.5, 0.6) is 0 Å². The van der Waals surface area contributed by atoms with E-state index >= 15 is 0 Å². The third kappa shape index (κ3) is 14.2. The first kappa shape index (κ1) is 30.7. The standard InChI is InChI=1S/C25H46N2O6S/c1-2-3-4-5-6-7-8-9-10-11-12-13-14-15-16-24(30)25-26(19-20-28)17-18-27(25)21-23(29)22-34(31,32)33/h5-6,23,28-29H,2-4,7-22H2,1H3/p+1/b6-5+. The average Bonchev–Trinajstić information content (AvgIpc) is 3.14. The number of ketones is 1. The van der Waals surface area contributed by atoms with E-state index < -0.39 is 22.0 Å². The molecule has 0 bridgehead atoms. The fraction of sp³-hybridized carbons (Fsp3) is 0.840. The Morgan fingerprint density at radius 3 is 2.21 bits per heavy atom. The zero-order valence-corrected chi connectivity index (χ0v) is 21.9. The van der Waals surface area contributed by atoms with E-state index in [1.165, 1.54) is 57.8 Å². The van der Waals surface area contributed by atoms with Crippen LogP contribution in [0.3, 0.4) is 0 Å². The molecule has 0 aromatic rings. The molecule has 0 saturated heterocycles. The predicted octanol–water partition coefficient (Wildman–Crippen LogP) is 3.17. The largest absolute Gasteiger partial charge is 0.392 e.